The predicted octanol–water partition coefficient (Wildman–Crippen LogP) is 16.1. The Kier molecular flexibility index (Phi) is 14.1. The third kappa shape index (κ3) is 9.65. The molecule has 64 heavy (non-hydrogen) atoms. The second-order valence-corrected chi connectivity index (χ2v) is 31.6. The number of aryl methyl sites for hydroxylation is 2. The number of nitrogens with zero attached hydrogens (tertiary/aromatic N) is 3. The number of thiophene rings is 1. The van der Waals surface area contributed by atoms with Crippen LogP contribution in [-0.2, 0) is 26.5 Å². The first-order chi connectivity index (χ1) is 30.0. The summed E-state index contributed by atoms with van der Waals surface area (Å²) in [5.41, 5.74) is 16.2. The Morgan fingerprint density at radius 3 is 2.00 bits per heavy atom. The van der Waals surface area contributed by atoms with E-state index in [-0.39, 0.29) is 20.1 Å². The van der Waals surface area contributed by atoms with Crippen LogP contribution in [0.4, 0.5) is 0 Å². The zero-order valence-corrected chi connectivity index (χ0v) is 44.9. The molecule has 0 amide bonds. The van der Waals surface area contributed by atoms with E-state index in [0.717, 1.165) is 40.1 Å². The van der Waals surface area contributed by atoms with Crippen LogP contribution in [0.25, 0.3) is 70.7 Å². The molecule has 0 spiro atoms. The van der Waals surface area contributed by atoms with Crippen molar-refractivity contribution in [2.75, 3.05) is 0 Å². The molecule has 0 saturated carbocycles. The Morgan fingerprint density at radius 2 is 1.36 bits per heavy atom. The van der Waals surface area contributed by atoms with Crippen molar-refractivity contribution in [1.29, 1.82) is 0 Å². The van der Waals surface area contributed by atoms with Crippen LogP contribution < -0.4 is 4.40 Å². The molecule has 0 N–H and O–H groups in total. The minimum atomic E-state index is -1.90. The standard InChI is InChI=1S/C39H35N2S.C19H26GeN.Ir/c1-23(2)31-21-28(27-13-8-7-9-14-27)22-32(24(3)4)36(31)41-34-18-11-10-17-33(34)40-39(41)30-16-12-15-29-35-25(5)19-20-26(6)37(35)42-38(29)30;1-19(2,3)13-16-12-18(15-10-8-7-9-11-15)21-14-17(16)20(4,5)6;/h7-15,17-24H,1-6H3;7-10,12,14H,13H2,1-6H3;/q2*-1;. The number of aromatic nitrogens is 3. The summed E-state index contributed by atoms with van der Waals surface area (Å²) in [7, 11) is 0. The Bertz CT molecular complexity index is 3050. The fourth-order valence-electron chi connectivity index (χ4n) is 8.93. The SMILES string of the molecule is CC(C)(C)Cc1cc(-c2[c-]cccc2)nc[c]1[Ge]([CH3])([CH3])[CH3].Cc1ccc(C)c2c1sc1c(-c3nc4ccccc4n3-c3c(C(C)C)cc(-c4ccccc4)cc3C(C)C)[c-]ccc12.[Ir]. The van der Waals surface area contributed by atoms with Gasteiger partial charge in [0.25, 0.3) is 0 Å². The molecule has 0 aliphatic carbocycles. The largest absolute Gasteiger partial charge is 0.333 e. The van der Waals surface area contributed by atoms with Crippen LogP contribution in [0, 0.1) is 31.4 Å². The summed E-state index contributed by atoms with van der Waals surface area (Å²) in [6.07, 6.45) is 3.24. The maximum atomic E-state index is 5.34. The van der Waals surface area contributed by atoms with Crippen LogP contribution in [0.15, 0.2) is 128 Å². The molecule has 9 aromatic rings. The molecule has 0 saturated heterocycles. The molecule has 0 bridgehead atoms. The predicted molar refractivity (Wildman–Crippen MR) is 276 cm³/mol. The van der Waals surface area contributed by atoms with E-state index in [2.05, 4.69) is 206 Å². The normalized spacial score (nSPS) is 12.0. The first-order valence-corrected chi connectivity index (χ1v) is 30.7. The number of fused-ring (bicyclic) bond motifs is 4. The first-order valence-electron chi connectivity index (χ1n) is 22.5. The van der Waals surface area contributed by atoms with Crippen LogP contribution in [0.1, 0.15) is 88.1 Å². The molecule has 0 fully saturated rings. The second-order valence-electron chi connectivity index (χ2n) is 20.0. The summed E-state index contributed by atoms with van der Waals surface area (Å²) < 4.78 is 6.57. The fourth-order valence-corrected chi connectivity index (χ4v) is 13.6. The molecule has 6 aromatic carbocycles. The Balaban J connectivity index is 0.000000236. The number of para-hydroxylation sites is 2. The van der Waals surface area contributed by atoms with Crippen molar-refractivity contribution < 1.29 is 20.1 Å². The van der Waals surface area contributed by atoms with Crippen LogP contribution in [0.3, 0.4) is 0 Å². The van der Waals surface area contributed by atoms with E-state index in [1.807, 2.05) is 29.5 Å². The van der Waals surface area contributed by atoms with Gasteiger partial charge < -0.3 is 4.57 Å². The Labute approximate surface area is 402 Å². The molecule has 6 heteroatoms. The third-order valence-electron chi connectivity index (χ3n) is 12.0. The van der Waals surface area contributed by atoms with Gasteiger partial charge in [0, 0.05) is 30.5 Å². The van der Waals surface area contributed by atoms with Gasteiger partial charge in [-0.05, 0) is 93.4 Å². The number of benzene rings is 6. The maximum absolute atomic E-state index is 5.34. The van der Waals surface area contributed by atoms with Crippen molar-refractivity contribution in [3.05, 3.63) is 167 Å². The van der Waals surface area contributed by atoms with Gasteiger partial charge in [-0.25, -0.2) is 0 Å². The topological polar surface area (TPSA) is 30.7 Å². The summed E-state index contributed by atoms with van der Waals surface area (Å²) in [5.74, 6) is 8.93. The van der Waals surface area contributed by atoms with Gasteiger partial charge in [0.1, 0.15) is 0 Å². The third-order valence-corrected chi connectivity index (χ3v) is 17.7. The van der Waals surface area contributed by atoms with Crippen molar-refractivity contribution in [3.63, 3.8) is 0 Å². The molecule has 3 nitrogen and oxygen atoms in total. The van der Waals surface area contributed by atoms with Crippen molar-refractivity contribution in [3.8, 4) is 39.5 Å². The molecule has 0 unspecified atom stereocenters. The zero-order chi connectivity index (χ0) is 44.8. The number of hydrogen-bond donors (Lipinski definition) is 0. The van der Waals surface area contributed by atoms with E-state index in [0.29, 0.717) is 17.3 Å². The van der Waals surface area contributed by atoms with Crippen molar-refractivity contribution in [2.24, 2.45) is 5.41 Å². The molecular formula is C58H61GeIrN3S-2. The molecule has 0 atom stereocenters. The Morgan fingerprint density at radius 1 is 0.703 bits per heavy atom. The second kappa shape index (κ2) is 19.1. The average Bonchev–Trinajstić information content (AvgIpc) is 3.85. The molecule has 1 radical (unpaired) electrons. The van der Waals surface area contributed by atoms with Crippen LogP contribution in [-0.4, -0.2) is 27.8 Å². The van der Waals surface area contributed by atoms with E-state index in [1.54, 1.807) is 0 Å². The van der Waals surface area contributed by atoms with Gasteiger partial charge in [0.05, 0.1) is 16.9 Å². The minimum Gasteiger partial charge on any atom is -0.333 e. The van der Waals surface area contributed by atoms with Crippen molar-refractivity contribution in [2.45, 2.75) is 97.8 Å². The van der Waals surface area contributed by atoms with Crippen molar-refractivity contribution >= 4 is 60.2 Å². The summed E-state index contributed by atoms with van der Waals surface area (Å²) in [6.45, 7) is 20.6. The summed E-state index contributed by atoms with van der Waals surface area (Å²) in [5, 5.41) is 2.64. The Hall–Kier alpha value is -4.65. The molecule has 9 rings (SSSR count). The van der Waals surface area contributed by atoms with E-state index in [4.69, 9.17) is 9.97 Å². The quantitative estimate of drug-likeness (QED) is 0.112. The zero-order valence-electron chi connectivity index (χ0n) is 39.6. The number of hydrogen-bond acceptors (Lipinski definition) is 3. The van der Waals surface area contributed by atoms with Crippen molar-refractivity contribution in [1.82, 2.24) is 14.5 Å². The van der Waals surface area contributed by atoms with Crippen LogP contribution in [0.5, 0.6) is 0 Å². The van der Waals surface area contributed by atoms with E-state index >= 15 is 0 Å². The summed E-state index contributed by atoms with van der Waals surface area (Å²) in [4.78, 5) is 10.1. The average molecular weight is 1100 g/mol. The van der Waals surface area contributed by atoms with Gasteiger partial charge in [-0.2, -0.15) is 11.3 Å². The van der Waals surface area contributed by atoms with Crippen LogP contribution >= 0.6 is 11.3 Å². The minimum absolute atomic E-state index is 0. The molecule has 0 aliphatic heterocycles. The maximum Gasteiger partial charge on any atom is 0.0774 e. The first kappa shape index (κ1) is 47.3. The molecule has 0 aliphatic rings. The summed E-state index contributed by atoms with van der Waals surface area (Å²) >= 11 is -0.0225. The van der Waals surface area contributed by atoms with Gasteiger partial charge >= 0.3 is 132 Å². The van der Waals surface area contributed by atoms with E-state index < -0.39 is 13.3 Å². The summed E-state index contributed by atoms with van der Waals surface area (Å²) in [6, 6.07) is 50.2. The number of imidazole rings is 1. The molecule has 3 heterocycles. The van der Waals surface area contributed by atoms with E-state index in [9.17, 15) is 0 Å². The number of pyridine rings is 1. The van der Waals surface area contributed by atoms with Crippen LogP contribution in [0.2, 0.25) is 17.3 Å². The monoisotopic (exact) mass is 1100 g/mol. The molecular weight excluding hydrogens is 1040 g/mol. The van der Waals surface area contributed by atoms with Gasteiger partial charge in [-0.3, -0.25) is 4.98 Å². The van der Waals surface area contributed by atoms with Gasteiger partial charge in [0.2, 0.25) is 0 Å². The molecule has 3 aromatic heterocycles. The molecule has 329 valence electrons. The van der Waals surface area contributed by atoms with Gasteiger partial charge in [-0.1, -0.05) is 93.2 Å². The van der Waals surface area contributed by atoms with E-state index in [1.165, 1.54) is 69.2 Å². The smallest absolute Gasteiger partial charge is 0.0774 e. The van der Waals surface area contributed by atoms with Gasteiger partial charge in [-0.15, -0.1) is 18.2 Å². The number of rotatable bonds is 8. The fraction of sp³-hybridized carbons (Fsp3) is 0.276. The van der Waals surface area contributed by atoms with Gasteiger partial charge in [0.15, 0.2) is 0 Å².